The van der Waals surface area contributed by atoms with E-state index < -0.39 is 10.0 Å². The minimum Gasteiger partial charge on any atom is -0.368 e. The largest absolute Gasteiger partial charge is 0.368 e. The van der Waals surface area contributed by atoms with Crippen LogP contribution in [-0.4, -0.2) is 48.7 Å². The van der Waals surface area contributed by atoms with Crippen molar-refractivity contribution in [2.24, 2.45) is 0 Å². The van der Waals surface area contributed by atoms with E-state index in [9.17, 15) is 8.42 Å². The standard InChI is InChI=1S/C15H19ClN4O2S/c1-2-19-12-13(11-17-19)23(21,22)20-9-7-18(8-10-20)15-6-4-3-5-14(15)16/h3-6,11-12H,2,7-10H2,1H3. The Bertz CT molecular complexity index is 782. The summed E-state index contributed by atoms with van der Waals surface area (Å²) in [5.74, 6) is 0. The van der Waals surface area contributed by atoms with Crippen LogP contribution in [0, 0.1) is 0 Å². The first-order valence-electron chi connectivity index (χ1n) is 7.54. The summed E-state index contributed by atoms with van der Waals surface area (Å²) in [5, 5.41) is 4.74. The number of piperazine rings is 1. The third kappa shape index (κ3) is 3.22. The zero-order valence-corrected chi connectivity index (χ0v) is 14.5. The lowest BCUT2D eigenvalue weighted by atomic mass is 10.2. The summed E-state index contributed by atoms with van der Waals surface area (Å²) in [7, 11) is -3.48. The topological polar surface area (TPSA) is 58.4 Å². The highest BCUT2D eigenvalue weighted by molar-refractivity contribution is 7.89. The smallest absolute Gasteiger partial charge is 0.246 e. The Balaban J connectivity index is 1.72. The molecular formula is C15H19ClN4O2S. The predicted octanol–water partition coefficient (Wildman–Crippen LogP) is 2.07. The number of para-hydroxylation sites is 1. The third-order valence-corrected chi connectivity index (χ3v) is 6.17. The van der Waals surface area contributed by atoms with Crippen LogP contribution in [0.3, 0.4) is 0 Å². The molecule has 0 atom stereocenters. The van der Waals surface area contributed by atoms with Gasteiger partial charge in [-0.1, -0.05) is 23.7 Å². The molecule has 2 heterocycles. The molecule has 0 radical (unpaired) electrons. The summed E-state index contributed by atoms with van der Waals surface area (Å²) >= 11 is 6.21. The fraction of sp³-hybridized carbons (Fsp3) is 0.400. The van der Waals surface area contributed by atoms with Crippen LogP contribution in [0.2, 0.25) is 5.02 Å². The van der Waals surface area contributed by atoms with Gasteiger partial charge in [0.1, 0.15) is 4.90 Å². The summed E-state index contributed by atoms with van der Waals surface area (Å²) in [6.45, 7) is 4.67. The van der Waals surface area contributed by atoms with Crippen LogP contribution in [-0.2, 0) is 16.6 Å². The van der Waals surface area contributed by atoms with Crippen molar-refractivity contribution >= 4 is 27.3 Å². The third-order valence-electron chi connectivity index (χ3n) is 4.00. The Kier molecular flexibility index (Phi) is 4.61. The molecular weight excluding hydrogens is 336 g/mol. The lowest BCUT2D eigenvalue weighted by Gasteiger charge is -2.35. The molecule has 0 N–H and O–H groups in total. The summed E-state index contributed by atoms with van der Waals surface area (Å²) in [5.41, 5.74) is 0.949. The van der Waals surface area contributed by atoms with E-state index >= 15 is 0 Å². The maximum absolute atomic E-state index is 12.7. The zero-order valence-electron chi connectivity index (χ0n) is 12.9. The molecule has 0 aliphatic carbocycles. The second-order valence-electron chi connectivity index (χ2n) is 5.37. The lowest BCUT2D eigenvalue weighted by Crippen LogP contribution is -2.48. The molecule has 1 aliphatic heterocycles. The minimum absolute atomic E-state index is 0.255. The molecule has 124 valence electrons. The number of halogens is 1. The quantitative estimate of drug-likeness (QED) is 0.843. The Hall–Kier alpha value is -1.57. The molecule has 1 aromatic carbocycles. The van der Waals surface area contributed by atoms with E-state index in [1.807, 2.05) is 31.2 Å². The van der Waals surface area contributed by atoms with E-state index in [-0.39, 0.29) is 4.90 Å². The van der Waals surface area contributed by atoms with Gasteiger partial charge in [0.15, 0.2) is 0 Å². The summed E-state index contributed by atoms with van der Waals surface area (Å²) in [6.07, 6.45) is 3.00. The monoisotopic (exact) mass is 354 g/mol. The van der Waals surface area contributed by atoms with Crippen molar-refractivity contribution in [1.29, 1.82) is 0 Å². The van der Waals surface area contributed by atoms with Gasteiger partial charge in [0.2, 0.25) is 10.0 Å². The molecule has 23 heavy (non-hydrogen) atoms. The fourth-order valence-corrected chi connectivity index (χ4v) is 4.31. The Morgan fingerprint density at radius 3 is 2.48 bits per heavy atom. The number of aryl methyl sites for hydroxylation is 1. The molecule has 8 heteroatoms. The van der Waals surface area contributed by atoms with E-state index in [4.69, 9.17) is 11.6 Å². The summed E-state index contributed by atoms with van der Waals surface area (Å²) < 4.78 is 28.4. The molecule has 6 nitrogen and oxygen atoms in total. The molecule has 0 unspecified atom stereocenters. The van der Waals surface area contributed by atoms with Gasteiger partial charge in [-0.25, -0.2) is 8.42 Å². The van der Waals surface area contributed by atoms with E-state index in [1.54, 1.807) is 10.9 Å². The van der Waals surface area contributed by atoms with E-state index in [1.165, 1.54) is 10.5 Å². The molecule has 1 fully saturated rings. The van der Waals surface area contributed by atoms with Gasteiger partial charge in [0.05, 0.1) is 16.9 Å². The molecule has 0 spiro atoms. The number of nitrogens with zero attached hydrogens (tertiary/aromatic N) is 4. The summed E-state index contributed by atoms with van der Waals surface area (Å²) in [4.78, 5) is 2.37. The number of aromatic nitrogens is 2. The minimum atomic E-state index is -3.48. The van der Waals surface area contributed by atoms with Crippen molar-refractivity contribution in [3.8, 4) is 0 Å². The number of anilines is 1. The number of benzene rings is 1. The van der Waals surface area contributed by atoms with Crippen molar-refractivity contribution in [3.05, 3.63) is 41.7 Å². The number of rotatable bonds is 4. The average molecular weight is 355 g/mol. The highest BCUT2D eigenvalue weighted by atomic mass is 35.5. The van der Waals surface area contributed by atoms with Crippen molar-refractivity contribution in [2.45, 2.75) is 18.4 Å². The second-order valence-corrected chi connectivity index (χ2v) is 7.72. The fourth-order valence-electron chi connectivity index (χ4n) is 2.68. The molecule has 1 saturated heterocycles. The maximum atomic E-state index is 12.7. The normalized spacial score (nSPS) is 16.7. The highest BCUT2D eigenvalue weighted by Crippen LogP contribution is 2.27. The molecule has 0 amide bonds. The molecule has 2 aromatic rings. The Morgan fingerprint density at radius 1 is 1.17 bits per heavy atom. The van der Waals surface area contributed by atoms with E-state index in [0.717, 1.165) is 5.69 Å². The van der Waals surface area contributed by atoms with Crippen LogP contribution in [0.1, 0.15) is 6.92 Å². The number of hydrogen-bond acceptors (Lipinski definition) is 4. The van der Waals surface area contributed by atoms with E-state index in [0.29, 0.717) is 37.7 Å². The zero-order chi connectivity index (χ0) is 16.4. The van der Waals surface area contributed by atoms with Crippen LogP contribution in [0.15, 0.2) is 41.6 Å². The molecule has 3 rings (SSSR count). The van der Waals surface area contributed by atoms with Crippen LogP contribution < -0.4 is 4.90 Å². The van der Waals surface area contributed by atoms with Crippen LogP contribution >= 0.6 is 11.6 Å². The maximum Gasteiger partial charge on any atom is 0.246 e. The van der Waals surface area contributed by atoms with Gasteiger partial charge in [-0.15, -0.1) is 0 Å². The van der Waals surface area contributed by atoms with Gasteiger partial charge in [-0.2, -0.15) is 9.40 Å². The molecule has 0 bridgehead atoms. The van der Waals surface area contributed by atoms with Crippen LogP contribution in [0.25, 0.3) is 0 Å². The van der Waals surface area contributed by atoms with Gasteiger partial charge >= 0.3 is 0 Å². The van der Waals surface area contributed by atoms with Gasteiger partial charge in [0, 0.05) is 38.9 Å². The number of hydrogen-bond donors (Lipinski definition) is 0. The van der Waals surface area contributed by atoms with Gasteiger partial charge < -0.3 is 4.90 Å². The van der Waals surface area contributed by atoms with Crippen molar-refractivity contribution < 1.29 is 8.42 Å². The van der Waals surface area contributed by atoms with Gasteiger partial charge in [-0.05, 0) is 19.1 Å². The summed E-state index contributed by atoms with van der Waals surface area (Å²) in [6, 6.07) is 7.62. The Morgan fingerprint density at radius 2 is 1.87 bits per heavy atom. The van der Waals surface area contributed by atoms with Crippen molar-refractivity contribution in [2.75, 3.05) is 31.1 Å². The van der Waals surface area contributed by atoms with Gasteiger partial charge in [0.25, 0.3) is 0 Å². The first-order valence-corrected chi connectivity index (χ1v) is 9.36. The average Bonchev–Trinajstić information content (AvgIpc) is 3.05. The van der Waals surface area contributed by atoms with E-state index in [2.05, 4.69) is 10.00 Å². The molecule has 1 aliphatic rings. The predicted molar refractivity (Wildman–Crippen MR) is 90.3 cm³/mol. The lowest BCUT2D eigenvalue weighted by molar-refractivity contribution is 0.385. The van der Waals surface area contributed by atoms with Gasteiger partial charge in [-0.3, -0.25) is 4.68 Å². The Labute approximate surface area is 141 Å². The van der Waals surface area contributed by atoms with Crippen molar-refractivity contribution in [3.63, 3.8) is 0 Å². The first kappa shape index (κ1) is 16.3. The van der Waals surface area contributed by atoms with Crippen molar-refractivity contribution in [1.82, 2.24) is 14.1 Å². The second kappa shape index (κ2) is 6.51. The highest BCUT2D eigenvalue weighted by Gasteiger charge is 2.30. The molecule has 0 saturated carbocycles. The van der Waals surface area contributed by atoms with Crippen LogP contribution in [0.4, 0.5) is 5.69 Å². The molecule has 1 aromatic heterocycles. The van der Waals surface area contributed by atoms with Crippen LogP contribution in [0.5, 0.6) is 0 Å². The number of sulfonamides is 1. The SMILES string of the molecule is CCn1cc(S(=O)(=O)N2CCN(c3ccccc3Cl)CC2)cn1. The first-order chi connectivity index (χ1) is 11.0.